The molecule has 0 fully saturated rings. The van der Waals surface area contributed by atoms with E-state index in [1.54, 1.807) is 13.8 Å². The summed E-state index contributed by atoms with van der Waals surface area (Å²) in [4.78, 5) is -0.0297. The van der Waals surface area contributed by atoms with Crippen LogP contribution in [0.15, 0.2) is 17.0 Å². The molecule has 0 bridgehead atoms. The van der Waals surface area contributed by atoms with Crippen molar-refractivity contribution >= 4 is 33.2 Å². The Balaban J connectivity index is 3.17. The minimum atomic E-state index is -3.75. The first-order chi connectivity index (χ1) is 8.33. The third-order valence-corrected chi connectivity index (χ3v) is 5.18. The zero-order valence-electron chi connectivity index (χ0n) is 10.1. The first-order valence-corrected chi connectivity index (χ1v) is 7.65. The summed E-state index contributed by atoms with van der Waals surface area (Å²) in [6, 6.07) is 2.31. The molecular weight excluding hydrogens is 297 g/mol. The molecule has 0 saturated heterocycles. The van der Waals surface area contributed by atoms with E-state index >= 15 is 0 Å². The number of aliphatic hydroxyl groups excluding tert-OH is 1. The maximum Gasteiger partial charge on any atom is 0.242 e. The van der Waals surface area contributed by atoms with Crippen molar-refractivity contribution in [3.05, 3.63) is 27.7 Å². The van der Waals surface area contributed by atoms with Gasteiger partial charge in [0.15, 0.2) is 0 Å². The number of rotatable bonds is 5. The van der Waals surface area contributed by atoms with Crippen molar-refractivity contribution in [3.63, 3.8) is 0 Å². The van der Waals surface area contributed by atoms with Crippen LogP contribution < -0.4 is 4.72 Å². The minimum Gasteiger partial charge on any atom is -0.395 e. The second-order valence-electron chi connectivity index (χ2n) is 3.89. The Labute approximate surface area is 117 Å². The van der Waals surface area contributed by atoms with E-state index in [-0.39, 0.29) is 16.5 Å². The van der Waals surface area contributed by atoms with E-state index in [9.17, 15) is 8.42 Å². The minimum absolute atomic E-state index is 0.0297. The summed E-state index contributed by atoms with van der Waals surface area (Å²) in [5, 5.41) is 9.53. The predicted molar refractivity (Wildman–Crippen MR) is 72.7 cm³/mol. The topological polar surface area (TPSA) is 66.4 Å². The predicted octanol–water partition coefficient (Wildman–Crippen LogP) is 2.35. The smallest absolute Gasteiger partial charge is 0.242 e. The molecule has 0 heterocycles. The third kappa shape index (κ3) is 3.36. The van der Waals surface area contributed by atoms with Crippen LogP contribution in [0.2, 0.25) is 10.0 Å². The van der Waals surface area contributed by atoms with E-state index < -0.39 is 16.1 Å². The van der Waals surface area contributed by atoms with Gasteiger partial charge in [-0.25, -0.2) is 13.1 Å². The van der Waals surface area contributed by atoms with Crippen LogP contribution in [0.4, 0.5) is 0 Å². The number of benzene rings is 1. The average Bonchev–Trinajstić information content (AvgIpc) is 2.32. The van der Waals surface area contributed by atoms with Gasteiger partial charge < -0.3 is 5.11 Å². The molecule has 0 aliphatic carbocycles. The van der Waals surface area contributed by atoms with Gasteiger partial charge in [-0.1, -0.05) is 30.1 Å². The average molecular weight is 312 g/mol. The molecule has 0 amide bonds. The Morgan fingerprint density at radius 1 is 1.39 bits per heavy atom. The van der Waals surface area contributed by atoms with Crippen molar-refractivity contribution in [1.29, 1.82) is 0 Å². The van der Waals surface area contributed by atoms with Crippen LogP contribution in [0.5, 0.6) is 0 Å². The number of sulfonamides is 1. The molecule has 0 spiro atoms. The summed E-state index contributed by atoms with van der Waals surface area (Å²) < 4.78 is 26.6. The Bertz CT molecular complexity index is 527. The second-order valence-corrected chi connectivity index (χ2v) is 6.36. The summed E-state index contributed by atoms with van der Waals surface area (Å²) in [6.07, 6.45) is 0.486. The standard InChI is InChI=1S/C11H15Cl2NO3S/c1-3-8(6-15)14-18(16,17)10-5-4-9(12)7(2)11(10)13/h4-5,8,14-15H,3,6H2,1-2H3/t8-/m0/s1. The van der Waals surface area contributed by atoms with E-state index in [0.29, 0.717) is 17.0 Å². The van der Waals surface area contributed by atoms with Crippen molar-refractivity contribution in [2.24, 2.45) is 0 Å². The first kappa shape index (κ1) is 15.7. The van der Waals surface area contributed by atoms with Crippen molar-refractivity contribution in [3.8, 4) is 0 Å². The van der Waals surface area contributed by atoms with E-state index in [1.807, 2.05) is 0 Å². The quantitative estimate of drug-likeness (QED) is 0.877. The van der Waals surface area contributed by atoms with Crippen LogP contribution >= 0.6 is 23.2 Å². The molecule has 0 radical (unpaired) electrons. The fourth-order valence-corrected chi connectivity index (χ4v) is 3.50. The Kier molecular flexibility index (Phi) is 5.43. The molecule has 1 aromatic carbocycles. The fourth-order valence-electron chi connectivity index (χ4n) is 1.38. The summed E-state index contributed by atoms with van der Waals surface area (Å²) in [6.45, 7) is 3.16. The van der Waals surface area contributed by atoms with Gasteiger partial charge in [0.2, 0.25) is 10.0 Å². The molecule has 1 aromatic rings. The number of aliphatic hydroxyl groups is 1. The van der Waals surface area contributed by atoms with E-state index in [0.717, 1.165) is 0 Å². The highest BCUT2D eigenvalue weighted by atomic mass is 35.5. The first-order valence-electron chi connectivity index (χ1n) is 5.41. The van der Waals surface area contributed by atoms with Gasteiger partial charge in [-0.2, -0.15) is 0 Å². The molecule has 0 aliphatic rings. The van der Waals surface area contributed by atoms with Crippen molar-refractivity contribution in [1.82, 2.24) is 4.72 Å². The zero-order chi connectivity index (χ0) is 13.9. The summed E-state index contributed by atoms with van der Waals surface area (Å²) in [7, 11) is -3.75. The molecular formula is C11H15Cl2NO3S. The molecule has 0 aliphatic heterocycles. The molecule has 4 nitrogen and oxygen atoms in total. The van der Waals surface area contributed by atoms with Crippen LogP contribution in [0.25, 0.3) is 0 Å². The van der Waals surface area contributed by atoms with Crippen LogP contribution in [0.1, 0.15) is 18.9 Å². The Morgan fingerprint density at radius 2 is 2.00 bits per heavy atom. The molecule has 0 saturated carbocycles. The van der Waals surface area contributed by atoms with Gasteiger partial charge in [0.1, 0.15) is 4.90 Å². The number of nitrogens with one attached hydrogen (secondary N) is 1. The monoisotopic (exact) mass is 311 g/mol. The van der Waals surface area contributed by atoms with E-state index in [2.05, 4.69) is 4.72 Å². The summed E-state index contributed by atoms with van der Waals surface area (Å²) >= 11 is 11.8. The van der Waals surface area contributed by atoms with Gasteiger partial charge in [-0.05, 0) is 31.0 Å². The van der Waals surface area contributed by atoms with Crippen molar-refractivity contribution in [2.45, 2.75) is 31.2 Å². The summed E-state index contributed by atoms with van der Waals surface area (Å²) in [5.74, 6) is 0. The normalized spacial score (nSPS) is 13.6. The molecule has 1 rings (SSSR count). The third-order valence-electron chi connectivity index (χ3n) is 2.61. The van der Waals surface area contributed by atoms with Crippen LogP contribution in [0, 0.1) is 6.92 Å². The lowest BCUT2D eigenvalue weighted by Crippen LogP contribution is -2.37. The maximum absolute atomic E-state index is 12.1. The molecule has 2 N–H and O–H groups in total. The van der Waals surface area contributed by atoms with Gasteiger partial charge in [-0.3, -0.25) is 0 Å². The Morgan fingerprint density at radius 3 is 2.50 bits per heavy atom. The lowest BCUT2D eigenvalue weighted by Gasteiger charge is -2.16. The van der Waals surface area contributed by atoms with Gasteiger partial charge in [0.05, 0.1) is 11.6 Å². The van der Waals surface area contributed by atoms with Crippen molar-refractivity contribution in [2.75, 3.05) is 6.61 Å². The van der Waals surface area contributed by atoms with Crippen LogP contribution in [-0.4, -0.2) is 26.2 Å². The van der Waals surface area contributed by atoms with Gasteiger partial charge in [0.25, 0.3) is 0 Å². The SMILES string of the molecule is CC[C@@H](CO)NS(=O)(=O)c1ccc(Cl)c(C)c1Cl. The molecule has 102 valence electrons. The molecule has 18 heavy (non-hydrogen) atoms. The largest absolute Gasteiger partial charge is 0.395 e. The van der Waals surface area contributed by atoms with Gasteiger partial charge in [-0.15, -0.1) is 0 Å². The number of hydrogen-bond donors (Lipinski definition) is 2. The van der Waals surface area contributed by atoms with Gasteiger partial charge in [0, 0.05) is 11.1 Å². The summed E-state index contributed by atoms with van der Waals surface area (Å²) in [5.41, 5.74) is 0.512. The highest BCUT2D eigenvalue weighted by molar-refractivity contribution is 7.89. The molecule has 0 unspecified atom stereocenters. The van der Waals surface area contributed by atoms with E-state index in [1.165, 1.54) is 12.1 Å². The lowest BCUT2D eigenvalue weighted by atomic mass is 10.2. The number of halogens is 2. The molecule has 1 atom stereocenters. The van der Waals surface area contributed by atoms with Crippen LogP contribution in [-0.2, 0) is 10.0 Å². The van der Waals surface area contributed by atoms with Crippen LogP contribution in [0.3, 0.4) is 0 Å². The highest BCUT2D eigenvalue weighted by Gasteiger charge is 2.22. The number of hydrogen-bond acceptors (Lipinski definition) is 3. The Hall–Kier alpha value is -0.330. The zero-order valence-corrected chi connectivity index (χ0v) is 12.4. The maximum atomic E-state index is 12.1. The molecule has 7 heteroatoms. The van der Waals surface area contributed by atoms with Crippen molar-refractivity contribution < 1.29 is 13.5 Å². The second kappa shape index (κ2) is 6.21. The lowest BCUT2D eigenvalue weighted by molar-refractivity contribution is 0.254. The fraction of sp³-hybridized carbons (Fsp3) is 0.455. The highest BCUT2D eigenvalue weighted by Crippen LogP contribution is 2.30. The van der Waals surface area contributed by atoms with E-state index in [4.69, 9.17) is 28.3 Å². The van der Waals surface area contributed by atoms with Gasteiger partial charge >= 0.3 is 0 Å². The molecule has 0 aromatic heterocycles.